The van der Waals surface area contributed by atoms with Gasteiger partial charge in [-0.15, -0.1) is 0 Å². The molecule has 0 amide bonds. The zero-order chi connectivity index (χ0) is 13.1. The second-order valence-electron chi connectivity index (χ2n) is 3.63. The lowest BCUT2D eigenvalue weighted by Crippen LogP contribution is -2.06. The highest BCUT2D eigenvalue weighted by Crippen LogP contribution is 2.29. The fourth-order valence-corrected chi connectivity index (χ4v) is 2.12. The van der Waals surface area contributed by atoms with E-state index in [4.69, 9.17) is 4.74 Å². The van der Waals surface area contributed by atoms with Gasteiger partial charge in [-0.2, -0.15) is 0 Å². The largest absolute Gasteiger partial charge is 0.494 e. The van der Waals surface area contributed by atoms with Gasteiger partial charge in [-0.3, -0.25) is 4.79 Å². The van der Waals surface area contributed by atoms with Gasteiger partial charge in [0.1, 0.15) is 0 Å². The third kappa shape index (κ3) is 2.29. The van der Waals surface area contributed by atoms with E-state index in [0.717, 1.165) is 0 Å². The Kier molecular flexibility index (Phi) is 3.77. The van der Waals surface area contributed by atoms with Gasteiger partial charge in [0.05, 0.1) is 12.7 Å². The molecule has 0 atom stereocenters. The van der Waals surface area contributed by atoms with Crippen LogP contribution in [0.25, 0.3) is 0 Å². The van der Waals surface area contributed by atoms with E-state index in [0.29, 0.717) is 10.0 Å². The van der Waals surface area contributed by atoms with Crippen LogP contribution in [0.15, 0.2) is 46.9 Å². The van der Waals surface area contributed by atoms with E-state index in [1.165, 1.54) is 13.2 Å². The van der Waals surface area contributed by atoms with Crippen LogP contribution in [0.2, 0.25) is 0 Å². The maximum atomic E-state index is 14.1. The lowest BCUT2D eigenvalue weighted by atomic mass is 10.0. The molecule has 2 aromatic rings. The van der Waals surface area contributed by atoms with Gasteiger partial charge in [-0.25, -0.2) is 4.39 Å². The quantitative estimate of drug-likeness (QED) is 0.806. The summed E-state index contributed by atoms with van der Waals surface area (Å²) in [6, 6.07) is 11.6. The predicted octanol–water partition coefficient (Wildman–Crippen LogP) is 3.83. The molecule has 2 aromatic carbocycles. The molecule has 0 aromatic heterocycles. The van der Waals surface area contributed by atoms with Gasteiger partial charge in [0, 0.05) is 10.0 Å². The van der Waals surface area contributed by atoms with Crippen LogP contribution in [-0.2, 0) is 0 Å². The molecule has 0 N–H and O–H groups in total. The van der Waals surface area contributed by atoms with E-state index in [9.17, 15) is 9.18 Å². The van der Waals surface area contributed by atoms with Crippen LogP contribution >= 0.6 is 15.9 Å². The third-order valence-electron chi connectivity index (χ3n) is 2.54. The molecule has 0 fully saturated rings. The number of methoxy groups -OCH3 is 1. The molecule has 0 saturated heterocycles. The van der Waals surface area contributed by atoms with Crippen molar-refractivity contribution in [1.82, 2.24) is 0 Å². The van der Waals surface area contributed by atoms with Crippen molar-refractivity contribution in [2.75, 3.05) is 7.11 Å². The maximum absolute atomic E-state index is 14.1. The van der Waals surface area contributed by atoms with Crippen molar-refractivity contribution in [3.8, 4) is 5.75 Å². The van der Waals surface area contributed by atoms with Crippen LogP contribution in [-0.4, -0.2) is 12.9 Å². The van der Waals surface area contributed by atoms with E-state index < -0.39 is 5.82 Å². The van der Waals surface area contributed by atoms with Gasteiger partial charge in [-0.1, -0.05) is 30.3 Å². The number of hydrogen-bond donors (Lipinski definition) is 0. The minimum absolute atomic E-state index is 0.0134. The van der Waals surface area contributed by atoms with E-state index in [1.807, 2.05) is 0 Å². The summed E-state index contributed by atoms with van der Waals surface area (Å²) in [5.41, 5.74) is 0.422. The number of carbonyl (C=O) groups excluding carboxylic acids is 1. The molecule has 18 heavy (non-hydrogen) atoms. The van der Waals surface area contributed by atoms with Gasteiger partial charge in [0.2, 0.25) is 0 Å². The van der Waals surface area contributed by atoms with Crippen molar-refractivity contribution < 1.29 is 13.9 Å². The van der Waals surface area contributed by atoms with E-state index in [2.05, 4.69) is 15.9 Å². The molecule has 0 unspecified atom stereocenters. The maximum Gasteiger partial charge on any atom is 0.197 e. The predicted molar refractivity (Wildman–Crippen MR) is 70.5 cm³/mol. The Labute approximate surface area is 113 Å². The van der Waals surface area contributed by atoms with Crippen molar-refractivity contribution in [2.45, 2.75) is 0 Å². The lowest BCUT2D eigenvalue weighted by molar-refractivity contribution is 0.103. The average molecular weight is 309 g/mol. The first kappa shape index (κ1) is 12.8. The van der Waals surface area contributed by atoms with Gasteiger partial charge >= 0.3 is 0 Å². The minimum Gasteiger partial charge on any atom is -0.494 e. The molecule has 0 aliphatic heterocycles. The third-order valence-corrected chi connectivity index (χ3v) is 3.20. The summed E-state index contributed by atoms with van der Waals surface area (Å²) in [6.07, 6.45) is 0. The number of ether oxygens (including phenoxy) is 1. The average Bonchev–Trinajstić information content (AvgIpc) is 2.40. The Hall–Kier alpha value is -1.68. The molecule has 2 nitrogen and oxygen atoms in total. The Morgan fingerprint density at radius 2 is 1.83 bits per heavy atom. The molecule has 0 heterocycles. The number of halogens is 2. The van der Waals surface area contributed by atoms with Crippen LogP contribution in [0.4, 0.5) is 4.39 Å². The van der Waals surface area contributed by atoms with Crippen molar-refractivity contribution in [3.63, 3.8) is 0 Å². The topological polar surface area (TPSA) is 26.3 Å². The normalized spacial score (nSPS) is 10.2. The molecule has 0 saturated carbocycles. The van der Waals surface area contributed by atoms with Crippen LogP contribution < -0.4 is 4.74 Å². The SMILES string of the molecule is COc1ccc(Br)c(C(=O)c2ccccc2)c1F. The minimum atomic E-state index is -0.652. The molecule has 0 spiro atoms. The first-order valence-corrected chi connectivity index (χ1v) is 6.06. The Morgan fingerprint density at radius 3 is 2.44 bits per heavy atom. The second-order valence-corrected chi connectivity index (χ2v) is 4.49. The number of ketones is 1. The first-order chi connectivity index (χ1) is 8.65. The number of benzene rings is 2. The molecule has 0 aliphatic carbocycles. The number of carbonyl (C=O) groups is 1. The van der Waals surface area contributed by atoms with Crippen molar-refractivity contribution in [2.24, 2.45) is 0 Å². The molecule has 0 aliphatic rings. The summed E-state index contributed by atoms with van der Waals surface area (Å²) in [6.45, 7) is 0. The molecule has 2 rings (SSSR count). The first-order valence-electron chi connectivity index (χ1n) is 5.27. The van der Waals surface area contributed by atoms with Crippen molar-refractivity contribution in [1.29, 1.82) is 0 Å². The standard InChI is InChI=1S/C14H10BrFO2/c1-18-11-8-7-10(15)12(13(11)16)14(17)9-5-3-2-4-6-9/h2-8H,1H3. The fourth-order valence-electron chi connectivity index (χ4n) is 1.63. The number of rotatable bonds is 3. The van der Waals surface area contributed by atoms with Crippen LogP contribution in [0.3, 0.4) is 0 Å². The van der Waals surface area contributed by atoms with E-state index in [1.54, 1.807) is 36.4 Å². The molecule has 4 heteroatoms. The Morgan fingerprint density at radius 1 is 1.17 bits per heavy atom. The highest BCUT2D eigenvalue weighted by atomic mass is 79.9. The highest BCUT2D eigenvalue weighted by molar-refractivity contribution is 9.10. The molecular weight excluding hydrogens is 299 g/mol. The van der Waals surface area contributed by atoms with E-state index >= 15 is 0 Å². The summed E-state index contributed by atoms with van der Waals surface area (Å²) in [5, 5.41) is 0. The Bertz CT molecular complexity index is 582. The molecular formula is C14H10BrFO2. The molecule has 0 bridgehead atoms. The molecule has 92 valence electrons. The smallest absolute Gasteiger partial charge is 0.197 e. The summed E-state index contributed by atoms with van der Waals surface area (Å²) in [4.78, 5) is 12.2. The summed E-state index contributed by atoms with van der Waals surface area (Å²) in [7, 11) is 1.36. The fraction of sp³-hybridized carbons (Fsp3) is 0.0714. The molecule has 0 radical (unpaired) electrons. The Balaban J connectivity index is 2.55. The monoisotopic (exact) mass is 308 g/mol. The summed E-state index contributed by atoms with van der Waals surface area (Å²) >= 11 is 3.19. The van der Waals surface area contributed by atoms with Gasteiger partial charge in [0.25, 0.3) is 0 Å². The van der Waals surface area contributed by atoms with Crippen molar-refractivity contribution >= 4 is 21.7 Å². The zero-order valence-corrected chi connectivity index (χ0v) is 11.2. The summed E-state index contributed by atoms with van der Waals surface area (Å²) < 4.78 is 19.4. The van der Waals surface area contributed by atoms with Crippen LogP contribution in [0.1, 0.15) is 15.9 Å². The van der Waals surface area contributed by atoms with E-state index in [-0.39, 0.29) is 17.1 Å². The van der Waals surface area contributed by atoms with Crippen LogP contribution in [0, 0.1) is 5.82 Å². The second kappa shape index (κ2) is 5.31. The number of hydrogen-bond acceptors (Lipinski definition) is 2. The van der Waals surface area contributed by atoms with Crippen LogP contribution in [0.5, 0.6) is 5.75 Å². The van der Waals surface area contributed by atoms with Crippen molar-refractivity contribution in [3.05, 3.63) is 63.9 Å². The summed E-state index contributed by atoms with van der Waals surface area (Å²) in [5.74, 6) is -0.975. The van der Waals surface area contributed by atoms with Gasteiger partial charge in [-0.05, 0) is 28.1 Å². The van der Waals surface area contributed by atoms with Gasteiger partial charge in [0.15, 0.2) is 17.3 Å². The zero-order valence-electron chi connectivity index (χ0n) is 9.61. The highest BCUT2D eigenvalue weighted by Gasteiger charge is 2.20. The van der Waals surface area contributed by atoms with Gasteiger partial charge < -0.3 is 4.74 Å². The lowest BCUT2D eigenvalue weighted by Gasteiger charge is -2.09.